The number of benzene rings is 1. The largest absolute Gasteiger partial charge is 0.455 e. The molecule has 3 rings (SSSR count). The number of amidine groups is 1. The van der Waals surface area contributed by atoms with E-state index in [1.165, 1.54) is 24.0 Å². The molecule has 108 valence electrons. The molecular weight excluding hydrogens is 248 g/mol. The van der Waals surface area contributed by atoms with Crippen LogP contribution in [0, 0.1) is 0 Å². The summed E-state index contributed by atoms with van der Waals surface area (Å²) in [6, 6.07) is 9.66. The Morgan fingerprint density at radius 3 is 2.35 bits per heavy atom. The van der Waals surface area contributed by atoms with E-state index in [9.17, 15) is 0 Å². The summed E-state index contributed by atoms with van der Waals surface area (Å²) in [6.45, 7) is 9.65. The number of rotatable bonds is 1. The molecule has 1 saturated heterocycles. The van der Waals surface area contributed by atoms with E-state index in [1.807, 2.05) is 0 Å². The Hall–Kier alpha value is -1.51. The summed E-state index contributed by atoms with van der Waals surface area (Å²) >= 11 is 0. The molecule has 2 heterocycles. The lowest BCUT2D eigenvalue weighted by Gasteiger charge is -2.21. The second-order valence-corrected chi connectivity index (χ2v) is 6.80. The molecule has 0 aliphatic carbocycles. The second kappa shape index (κ2) is 5.12. The molecule has 3 nitrogen and oxygen atoms in total. The fourth-order valence-corrected chi connectivity index (χ4v) is 2.82. The number of hydrogen-bond acceptors (Lipinski definition) is 3. The van der Waals surface area contributed by atoms with Gasteiger partial charge in [0.15, 0.2) is 0 Å². The van der Waals surface area contributed by atoms with Crippen molar-refractivity contribution in [2.75, 3.05) is 19.6 Å². The average molecular weight is 272 g/mol. The maximum atomic E-state index is 6.03. The van der Waals surface area contributed by atoms with Crippen molar-refractivity contribution in [3.63, 3.8) is 0 Å². The highest BCUT2D eigenvalue weighted by atomic mass is 16.5. The standard InChI is InChI=1S/C17H24N2O/c1-17(2,3)14-8-6-13(7-9-14)15-12-18-16(20-15)19-10-4-5-11-19/h6-9,15H,4-5,10-12H2,1-3H3. The van der Waals surface area contributed by atoms with Crippen molar-refractivity contribution in [1.29, 1.82) is 0 Å². The van der Waals surface area contributed by atoms with Crippen LogP contribution in [0.5, 0.6) is 0 Å². The van der Waals surface area contributed by atoms with Crippen molar-refractivity contribution in [2.45, 2.75) is 45.1 Å². The Labute approximate surface area is 121 Å². The van der Waals surface area contributed by atoms with Crippen LogP contribution in [-0.2, 0) is 10.2 Å². The van der Waals surface area contributed by atoms with E-state index in [0.717, 1.165) is 25.7 Å². The topological polar surface area (TPSA) is 24.8 Å². The molecular formula is C17H24N2O. The van der Waals surface area contributed by atoms with Crippen LogP contribution in [0.1, 0.15) is 50.8 Å². The van der Waals surface area contributed by atoms with E-state index in [-0.39, 0.29) is 11.5 Å². The SMILES string of the molecule is CC(C)(C)c1ccc(C2CN=C(N3CCCC3)O2)cc1. The molecule has 0 bridgehead atoms. The van der Waals surface area contributed by atoms with E-state index in [1.54, 1.807) is 0 Å². The molecule has 3 heteroatoms. The molecule has 2 aliphatic heterocycles. The molecule has 1 aromatic carbocycles. The van der Waals surface area contributed by atoms with Crippen LogP contribution < -0.4 is 0 Å². The number of ether oxygens (including phenoxy) is 1. The van der Waals surface area contributed by atoms with Crippen LogP contribution >= 0.6 is 0 Å². The maximum absolute atomic E-state index is 6.03. The molecule has 1 atom stereocenters. The third-order valence-corrected chi connectivity index (χ3v) is 4.17. The summed E-state index contributed by atoms with van der Waals surface area (Å²) in [6.07, 6.45) is 2.61. The Morgan fingerprint density at radius 1 is 1.10 bits per heavy atom. The first-order chi connectivity index (χ1) is 9.54. The smallest absolute Gasteiger partial charge is 0.288 e. The Balaban J connectivity index is 1.66. The van der Waals surface area contributed by atoms with Crippen molar-refractivity contribution in [1.82, 2.24) is 4.90 Å². The lowest BCUT2D eigenvalue weighted by Crippen LogP contribution is -2.28. The summed E-state index contributed by atoms with van der Waals surface area (Å²) in [4.78, 5) is 6.83. The Bertz CT molecular complexity index is 493. The van der Waals surface area contributed by atoms with E-state index in [0.29, 0.717) is 0 Å². The van der Waals surface area contributed by atoms with Crippen LogP contribution in [0.25, 0.3) is 0 Å². The number of hydrogen-bond donors (Lipinski definition) is 0. The number of aliphatic imine (C=N–C) groups is 1. The lowest BCUT2D eigenvalue weighted by atomic mass is 9.86. The minimum Gasteiger partial charge on any atom is -0.455 e. The van der Waals surface area contributed by atoms with Crippen molar-refractivity contribution in [3.8, 4) is 0 Å². The van der Waals surface area contributed by atoms with Gasteiger partial charge in [0.1, 0.15) is 6.10 Å². The summed E-state index contributed by atoms with van der Waals surface area (Å²) in [5.41, 5.74) is 2.79. The van der Waals surface area contributed by atoms with E-state index < -0.39 is 0 Å². The highest BCUT2D eigenvalue weighted by molar-refractivity contribution is 5.76. The zero-order valence-corrected chi connectivity index (χ0v) is 12.7. The van der Waals surface area contributed by atoms with Gasteiger partial charge in [-0.05, 0) is 29.4 Å². The van der Waals surface area contributed by atoms with Gasteiger partial charge in [-0.3, -0.25) is 0 Å². The first-order valence-corrected chi connectivity index (χ1v) is 7.60. The first kappa shape index (κ1) is 13.5. The number of nitrogens with zero attached hydrogens (tertiary/aromatic N) is 2. The van der Waals surface area contributed by atoms with Crippen LogP contribution in [0.2, 0.25) is 0 Å². The normalized spacial score (nSPS) is 22.9. The fraction of sp³-hybridized carbons (Fsp3) is 0.588. The van der Waals surface area contributed by atoms with Crippen LogP contribution in [0.15, 0.2) is 29.3 Å². The molecule has 0 radical (unpaired) electrons. The molecule has 0 spiro atoms. The molecule has 0 amide bonds. The highest BCUT2D eigenvalue weighted by Gasteiger charge is 2.27. The van der Waals surface area contributed by atoms with Crippen molar-refractivity contribution >= 4 is 6.02 Å². The van der Waals surface area contributed by atoms with Gasteiger partial charge in [-0.15, -0.1) is 0 Å². The van der Waals surface area contributed by atoms with Gasteiger partial charge in [-0.25, -0.2) is 4.99 Å². The van der Waals surface area contributed by atoms with Crippen LogP contribution in [0.4, 0.5) is 0 Å². The lowest BCUT2D eigenvalue weighted by molar-refractivity contribution is 0.193. The third kappa shape index (κ3) is 2.67. The predicted octanol–water partition coefficient (Wildman–Crippen LogP) is 3.51. The minimum atomic E-state index is 0.0969. The van der Waals surface area contributed by atoms with Crippen molar-refractivity contribution < 1.29 is 4.74 Å². The Morgan fingerprint density at radius 2 is 1.75 bits per heavy atom. The second-order valence-electron chi connectivity index (χ2n) is 6.80. The summed E-state index contributed by atoms with van der Waals surface area (Å²) in [7, 11) is 0. The van der Waals surface area contributed by atoms with Gasteiger partial charge in [0.05, 0.1) is 6.54 Å². The van der Waals surface area contributed by atoms with Crippen LogP contribution in [-0.4, -0.2) is 30.6 Å². The summed E-state index contributed by atoms with van der Waals surface area (Å²) in [5.74, 6) is 0. The average Bonchev–Trinajstić information content (AvgIpc) is 3.09. The molecule has 20 heavy (non-hydrogen) atoms. The quantitative estimate of drug-likeness (QED) is 0.781. The Kier molecular flexibility index (Phi) is 3.45. The van der Waals surface area contributed by atoms with Crippen molar-refractivity contribution in [3.05, 3.63) is 35.4 Å². The zero-order chi connectivity index (χ0) is 14.2. The van der Waals surface area contributed by atoms with Gasteiger partial charge < -0.3 is 9.64 Å². The monoisotopic (exact) mass is 272 g/mol. The van der Waals surface area contributed by atoms with E-state index in [4.69, 9.17) is 4.74 Å². The molecule has 0 aromatic heterocycles. The van der Waals surface area contributed by atoms with E-state index >= 15 is 0 Å². The molecule has 2 aliphatic rings. The summed E-state index contributed by atoms with van der Waals surface area (Å²) in [5, 5.41) is 0. The molecule has 1 aromatic rings. The molecule has 1 unspecified atom stereocenters. The van der Waals surface area contributed by atoms with Crippen molar-refractivity contribution in [2.24, 2.45) is 4.99 Å². The molecule has 0 N–H and O–H groups in total. The van der Waals surface area contributed by atoms with Gasteiger partial charge in [0, 0.05) is 13.1 Å². The van der Waals surface area contributed by atoms with Gasteiger partial charge >= 0.3 is 0 Å². The van der Waals surface area contributed by atoms with E-state index in [2.05, 4.69) is 54.9 Å². The number of likely N-dealkylation sites (tertiary alicyclic amines) is 1. The van der Waals surface area contributed by atoms with Gasteiger partial charge in [-0.2, -0.15) is 0 Å². The third-order valence-electron chi connectivity index (χ3n) is 4.17. The van der Waals surface area contributed by atoms with Gasteiger partial charge in [0.25, 0.3) is 6.02 Å². The first-order valence-electron chi connectivity index (χ1n) is 7.60. The fourth-order valence-electron chi connectivity index (χ4n) is 2.82. The van der Waals surface area contributed by atoms with Gasteiger partial charge in [-0.1, -0.05) is 45.0 Å². The van der Waals surface area contributed by atoms with Gasteiger partial charge in [0.2, 0.25) is 0 Å². The summed E-state index contributed by atoms with van der Waals surface area (Å²) < 4.78 is 6.03. The molecule has 1 fully saturated rings. The minimum absolute atomic E-state index is 0.0969. The zero-order valence-electron chi connectivity index (χ0n) is 12.7. The maximum Gasteiger partial charge on any atom is 0.288 e. The van der Waals surface area contributed by atoms with Crippen LogP contribution in [0.3, 0.4) is 0 Å². The predicted molar refractivity (Wildman–Crippen MR) is 82.1 cm³/mol. The molecule has 0 saturated carbocycles. The highest BCUT2D eigenvalue weighted by Crippen LogP contribution is 2.28.